The van der Waals surface area contributed by atoms with Gasteiger partial charge >= 0.3 is 0 Å². The van der Waals surface area contributed by atoms with E-state index in [1.54, 1.807) is 29.9 Å². The van der Waals surface area contributed by atoms with Gasteiger partial charge in [0.2, 0.25) is 5.88 Å². The lowest BCUT2D eigenvalue weighted by atomic mass is 10.2. The molecule has 3 rings (SSSR count). The van der Waals surface area contributed by atoms with Crippen LogP contribution in [0.5, 0.6) is 11.6 Å². The molecule has 5 heteroatoms. The Morgan fingerprint density at radius 3 is 2.57 bits per heavy atom. The molecular formula is C16H12N4O. The second kappa shape index (κ2) is 5.47. The number of hydrogen-bond acceptors (Lipinski definition) is 4. The largest absolute Gasteiger partial charge is 0.439 e. The van der Waals surface area contributed by atoms with Crippen LogP contribution in [0.15, 0.2) is 54.9 Å². The third-order valence-electron chi connectivity index (χ3n) is 3.01. The number of nitriles is 1. The lowest BCUT2D eigenvalue weighted by Crippen LogP contribution is -1.95. The van der Waals surface area contributed by atoms with Crippen LogP contribution in [-0.2, 0) is 0 Å². The minimum absolute atomic E-state index is 0.471. The molecule has 0 fully saturated rings. The minimum atomic E-state index is 0.471. The number of rotatable bonds is 3. The molecule has 0 radical (unpaired) electrons. The first-order valence-electron chi connectivity index (χ1n) is 6.42. The van der Waals surface area contributed by atoms with E-state index in [0.717, 1.165) is 5.69 Å². The number of nitrogens with zero attached hydrogens (tertiary/aromatic N) is 4. The first-order chi connectivity index (χ1) is 10.3. The second-order valence-corrected chi connectivity index (χ2v) is 4.44. The van der Waals surface area contributed by atoms with E-state index in [-0.39, 0.29) is 0 Å². The topological polar surface area (TPSA) is 63.7 Å². The minimum Gasteiger partial charge on any atom is -0.439 e. The van der Waals surface area contributed by atoms with Crippen LogP contribution in [0.2, 0.25) is 0 Å². The standard InChI is InChI=1S/C16H12N4O/c1-12-13(11-17)3-8-16(19-12)21-15-6-4-14(5-7-15)20-10-2-9-18-20/h2-10H,1H3. The van der Waals surface area contributed by atoms with Gasteiger partial charge in [0.1, 0.15) is 11.8 Å². The van der Waals surface area contributed by atoms with Crippen LogP contribution < -0.4 is 4.74 Å². The Kier molecular flexibility index (Phi) is 3.36. The fourth-order valence-corrected chi connectivity index (χ4v) is 1.92. The van der Waals surface area contributed by atoms with Crippen molar-refractivity contribution in [3.8, 4) is 23.4 Å². The van der Waals surface area contributed by atoms with Crippen molar-refractivity contribution in [1.29, 1.82) is 5.26 Å². The van der Waals surface area contributed by atoms with E-state index in [4.69, 9.17) is 10.00 Å². The van der Waals surface area contributed by atoms with E-state index >= 15 is 0 Å². The van der Waals surface area contributed by atoms with Gasteiger partial charge in [-0.2, -0.15) is 10.4 Å². The van der Waals surface area contributed by atoms with Crippen LogP contribution in [0, 0.1) is 18.3 Å². The first-order valence-corrected chi connectivity index (χ1v) is 6.42. The second-order valence-electron chi connectivity index (χ2n) is 4.44. The summed E-state index contributed by atoms with van der Waals surface area (Å²) in [6, 6.07) is 14.9. The van der Waals surface area contributed by atoms with E-state index < -0.39 is 0 Å². The summed E-state index contributed by atoms with van der Waals surface area (Å²) < 4.78 is 7.45. The predicted molar refractivity (Wildman–Crippen MR) is 77.3 cm³/mol. The lowest BCUT2D eigenvalue weighted by Gasteiger charge is -2.07. The van der Waals surface area contributed by atoms with Gasteiger partial charge in [0.25, 0.3) is 0 Å². The molecule has 0 aliphatic carbocycles. The highest BCUT2D eigenvalue weighted by Crippen LogP contribution is 2.22. The van der Waals surface area contributed by atoms with E-state index in [0.29, 0.717) is 22.9 Å². The molecule has 0 saturated carbocycles. The summed E-state index contributed by atoms with van der Waals surface area (Å²) in [7, 11) is 0. The quantitative estimate of drug-likeness (QED) is 0.736. The Morgan fingerprint density at radius 2 is 1.95 bits per heavy atom. The Hall–Kier alpha value is -3.13. The van der Waals surface area contributed by atoms with Crippen molar-refractivity contribution < 1.29 is 4.74 Å². The number of hydrogen-bond donors (Lipinski definition) is 0. The average Bonchev–Trinajstić information content (AvgIpc) is 3.02. The summed E-state index contributed by atoms with van der Waals surface area (Å²) in [5, 5.41) is 13.0. The number of aryl methyl sites for hydroxylation is 1. The van der Waals surface area contributed by atoms with E-state index in [2.05, 4.69) is 16.2 Å². The fraction of sp³-hybridized carbons (Fsp3) is 0.0625. The van der Waals surface area contributed by atoms with Crippen LogP contribution in [0.3, 0.4) is 0 Å². The van der Waals surface area contributed by atoms with Gasteiger partial charge in [-0.05, 0) is 43.3 Å². The number of ether oxygens (including phenoxy) is 1. The third kappa shape index (κ3) is 2.74. The molecule has 0 bridgehead atoms. The van der Waals surface area contributed by atoms with Gasteiger partial charge in [0.05, 0.1) is 16.9 Å². The van der Waals surface area contributed by atoms with Crippen LogP contribution in [0.4, 0.5) is 0 Å². The SMILES string of the molecule is Cc1nc(Oc2ccc(-n3cccn3)cc2)ccc1C#N. The molecule has 102 valence electrons. The maximum atomic E-state index is 8.88. The number of aromatic nitrogens is 3. The molecule has 0 saturated heterocycles. The molecule has 0 aliphatic heterocycles. The molecule has 2 heterocycles. The Bertz CT molecular complexity index is 786. The average molecular weight is 276 g/mol. The fourth-order valence-electron chi connectivity index (χ4n) is 1.92. The Morgan fingerprint density at radius 1 is 1.14 bits per heavy atom. The molecular weight excluding hydrogens is 264 g/mol. The zero-order chi connectivity index (χ0) is 14.7. The monoisotopic (exact) mass is 276 g/mol. The molecule has 3 aromatic rings. The highest BCUT2D eigenvalue weighted by molar-refractivity contribution is 5.39. The molecule has 5 nitrogen and oxygen atoms in total. The number of benzene rings is 1. The zero-order valence-electron chi connectivity index (χ0n) is 11.4. The van der Waals surface area contributed by atoms with Crippen molar-refractivity contribution in [3.63, 3.8) is 0 Å². The van der Waals surface area contributed by atoms with Crippen LogP contribution in [-0.4, -0.2) is 14.8 Å². The molecule has 0 unspecified atom stereocenters. The van der Waals surface area contributed by atoms with Gasteiger partial charge in [-0.1, -0.05) is 0 Å². The van der Waals surface area contributed by atoms with Crippen molar-refractivity contribution in [1.82, 2.24) is 14.8 Å². The summed E-state index contributed by atoms with van der Waals surface area (Å²) in [5.74, 6) is 1.15. The van der Waals surface area contributed by atoms with Crippen LogP contribution in [0.25, 0.3) is 5.69 Å². The van der Waals surface area contributed by atoms with Gasteiger partial charge in [-0.15, -0.1) is 0 Å². The van der Waals surface area contributed by atoms with Crippen molar-refractivity contribution in [2.24, 2.45) is 0 Å². The molecule has 0 N–H and O–H groups in total. The van der Waals surface area contributed by atoms with Crippen molar-refractivity contribution in [2.45, 2.75) is 6.92 Å². The third-order valence-corrected chi connectivity index (χ3v) is 3.01. The lowest BCUT2D eigenvalue weighted by molar-refractivity contribution is 0.461. The molecule has 2 aromatic heterocycles. The summed E-state index contributed by atoms with van der Waals surface area (Å²) >= 11 is 0. The molecule has 0 atom stereocenters. The molecule has 0 amide bonds. The highest BCUT2D eigenvalue weighted by Gasteiger charge is 2.04. The summed E-state index contributed by atoms with van der Waals surface area (Å²) in [6.07, 6.45) is 3.61. The number of pyridine rings is 1. The molecule has 1 aromatic carbocycles. The van der Waals surface area contributed by atoms with Gasteiger partial charge in [-0.3, -0.25) is 0 Å². The van der Waals surface area contributed by atoms with Crippen molar-refractivity contribution in [3.05, 3.63) is 66.1 Å². The molecule has 0 aliphatic rings. The predicted octanol–water partition coefficient (Wildman–Crippen LogP) is 3.24. The summed E-state index contributed by atoms with van der Waals surface area (Å²) in [5.41, 5.74) is 2.16. The molecule has 21 heavy (non-hydrogen) atoms. The van der Waals surface area contributed by atoms with Gasteiger partial charge in [-0.25, -0.2) is 9.67 Å². The Labute approximate surface area is 122 Å². The van der Waals surface area contributed by atoms with Gasteiger partial charge < -0.3 is 4.74 Å². The van der Waals surface area contributed by atoms with Crippen LogP contribution in [0.1, 0.15) is 11.3 Å². The van der Waals surface area contributed by atoms with E-state index in [9.17, 15) is 0 Å². The van der Waals surface area contributed by atoms with Gasteiger partial charge in [0, 0.05) is 18.5 Å². The maximum Gasteiger partial charge on any atom is 0.219 e. The smallest absolute Gasteiger partial charge is 0.219 e. The normalized spacial score (nSPS) is 10.1. The van der Waals surface area contributed by atoms with Crippen molar-refractivity contribution in [2.75, 3.05) is 0 Å². The molecule has 0 spiro atoms. The van der Waals surface area contributed by atoms with E-state index in [1.807, 2.05) is 36.5 Å². The van der Waals surface area contributed by atoms with Gasteiger partial charge in [0.15, 0.2) is 0 Å². The first kappa shape index (κ1) is 12.9. The zero-order valence-corrected chi connectivity index (χ0v) is 11.4. The van der Waals surface area contributed by atoms with E-state index in [1.165, 1.54) is 0 Å². The maximum absolute atomic E-state index is 8.88. The van der Waals surface area contributed by atoms with Crippen molar-refractivity contribution >= 4 is 0 Å². The summed E-state index contributed by atoms with van der Waals surface area (Å²) in [6.45, 7) is 1.78. The Balaban J connectivity index is 1.79. The summed E-state index contributed by atoms with van der Waals surface area (Å²) in [4.78, 5) is 4.25. The van der Waals surface area contributed by atoms with Crippen LogP contribution >= 0.6 is 0 Å². The highest BCUT2D eigenvalue weighted by atomic mass is 16.5.